The summed E-state index contributed by atoms with van der Waals surface area (Å²) in [4.78, 5) is 1.98. The number of hydrogen-bond acceptors (Lipinski definition) is 3. The minimum absolute atomic E-state index is 0.178. The summed E-state index contributed by atoms with van der Waals surface area (Å²) in [6, 6.07) is 5.89. The standard InChI is InChI=1S/C15H23F3N2O/c1-3-4-7-10-20(2)13(11-19)12-8-5-6-9-14(12)21-15(16,17)18/h5-6,8-9,13H,3-4,7,10-11,19H2,1-2H3. The SMILES string of the molecule is CCCCCN(C)C(CN)c1ccccc1OC(F)(F)F. The molecular formula is C15H23F3N2O. The van der Waals surface area contributed by atoms with Gasteiger partial charge in [-0.05, 0) is 26.1 Å². The van der Waals surface area contributed by atoms with Crippen LogP contribution in [0.5, 0.6) is 5.75 Å². The Kier molecular flexibility index (Phi) is 6.98. The first kappa shape index (κ1) is 17.8. The summed E-state index contributed by atoms with van der Waals surface area (Å²) in [5.74, 6) is -0.178. The van der Waals surface area contributed by atoms with Gasteiger partial charge in [0.05, 0.1) is 6.04 Å². The van der Waals surface area contributed by atoms with E-state index in [0.29, 0.717) is 5.56 Å². The van der Waals surface area contributed by atoms with E-state index in [1.54, 1.807) is 12.1 Å². The molecule has 0 fully saturated rings. The van der Waals surface area contributed by atoms with Gasteiger partial charge >= 0.3 is 6.36 Å². The Morgan fingerprint density at radius 1 is 1.24 bits per heavy atom. The van der Waals surface area contributed by atoms with Crippen molar-refractivity contribution >= 4 is 0 Å². The Hall–Kier alpha value is -1.27. The maximum atomic E-state index is 12.5. The molecule has 0 bridgehead atoms. The predicted molar refractivity (Wildman–Crippen MR) is 77.1 cm³/mol. The fourth-order valence-corrected chi connectivity index (χ4v) is 2.28. The molecule has 0 heterocycles. The smallest absolute Gasteiger partial charge is 0.405 e. The maximum absolute atomic E-state index is 12.5. The van der Waals surface area contributed by atoms with Crippen LogP contribution in [-0.2, 0) is 0 Å². The molecule has 0 radical (unpaired) electrons. The summed E-state index contributed by atoms with van der Waals surface area (Å²) in [6.45, 7) is 3.13. The van der Waals surface area contributed by atoms with Crippen molar-refractivity contribution in [1.29, 1.82) is 0 Å². The van der Waals surface area contributed by atoms with Crippen LogP contribution in [0.4, 0.5) is 13.2 Å². The number of halogens is 3. The Morgan fingerprint density at radius 3 is 2.48 bits per heavy atom. The van der Waals surface area contributed by atoms with E-state index in [0.717, 1.165) is 25.8 Å². The molecule has 1 rings (SSSR count). The maximum Gasteiger partial charge on any atom is 0.573 e. The minimum atomic E-state index is -4.70. The van der Waals surface area contributed by atoms with E-state index in [4.69, 9.17) is 5.73 Å². The summed E-state index contributed by atoms with van der Waals surface area (Å²) in [6.07, 6.45) is -1.53. The number of para-hydroxylation sites is 1. The van der Waals surface area contributed by atoms with Crippen LogP contribution in [0.3, 0.4) is 0 Å². The Morgan fingerprint density at radius 2 is 1.90 bits per heavy atom. The van der Waals surface area contributed by atoms with Crippen LogP contribution >= 0.6 is 0 Å². The van der Waals surface area contributed by atoms with Crippen molar-refractivity contribution in [3.8, 4) is 5.75 Å². The molecule has 1 atom stereocenters. The molecule has 0 spiro atoms. The van der Waals surface area contributed by atoms with Crippen molar-refractivity contribution in [2.45, 2.75) is 38.6 Å². The van der Waals surface area contributed by atoms with Crippen LogP contribution < -0.4 is 10.5 Å². The minimum Gasteiger partial charge on any atom is -0.405 e. The second kappa shape index (κ2) is 8.24. The number of likely N-dealkylation sites (N-methyl/N-ethyl adjacent to an activating group) is 1. The normalized spacial score (nSPS) is 13.5. The second-order valence-electron chi connectivity index (χ2n) is 5.02. The van der Waals surface area contributed by atoms with Crippen LogP contribution in [0.1, 0.15) is 37.8 Å². The molecule has 0 saturated heterocycles. The van der Waals surface area contributed by atoms with E-state index in [-0.39, 0.29) is 18.3 Å². The highest BCUT2D eigenvalue weighted by Gasteiger charge is 2.33. The van der Waals surface area contributed by atoms with Crippen LogP contribution in [-0.4, -0.2) is 31.4 Å². The highest BCUT2D eigenvalue weighted by molar-refractivity contribution is 5.36. The molecular weight excluding hydrogens is 281 g/mol. The molecule has 0 saturated carbocycles. The first-order chi connectivity index (χ1) is 9.89. The first-order valence-electron chi connectivity index (χ1n) is 7.14. The van der Waals surface area contributed by atoms with Gasteiger partial charge in [-0.25, -0.2) is 0 Å². The van der Waals surface area contributed by atoms with Crippen molar-refractivity contribution in [3.63, 3.8) is 0 Å². The van der Waals surface area contributed by atoms with Gasteiger partial charge in [-0.2, -0.15) is 0 Å². The lowest BCUT2D eigenvalue weighted by Crippen LogP contribution is -2.32. The lowest BCUT2D eigenvalue weighted by molar-refractivity contribution is -0.275. The number of benzene rings is 1. The monoisotopic (exact) mass is 304 g/mol. The van der Waals surface area contributed by atoms with Crippen molar-refractivity contribution in [2.24, 2.45) is 5.73 Å². The number of unbranched alkanes of at least 4 members (excludes halogenated alkanes) is 2. The van der Waals surface area contributed by atoms with E-state index >= 15 is 0 Å². The summed E-state index contributed by atoms with van der Waals surface area (Å²) in [5.41, 5.74) is 6.23. The largest absolute Gasteiger partial charge is 0.573 e. The van der Waals surface area contributed by atoms with Gasteiger partial charge in [0, 0.05) is 12.1 Å². The fourth-order valence-electron chi connectivity index (χ4n) is 2.28. The van der Waals surface area contributed by atoms with Gasteiger partial charge in [0.15, 0.2) is 0 Å². The second-order valence-corrected chi connectivity index (χ2v) is 5.02. The van der Waals surface area contributed by atoms with Gasteiger partial charge in [0.2, 0.25) is 0 Å². The molecule has 120 valence electrons. The molecule has 1 aromatic carbocycles. The number of nitrogens with two attached hydrogens (primary N) is 1. The number of alkyl halides is 3. The molecule has 0 aliphatic carbocycles. The summed E-state index contributed by atoms with van der Waals surface area (Å²) < 4.78 is 41.5. The summed E-state index contributed by atoms with van der Waals surface area (Å²) in [5, 5.41) is 0. The number of nitrogens with zero attached hydrogens (tertiary/aromatic N) is 1. The lowest BCUT2D eigenvalue weighted by Gasteiger charge is -2.29. The number of hydrogen-bond donors (Lipinski definition) is 1. The van der Waals surface area contributed by atoms with Gasteiger partial charge in [-0.3, -0.25) is 4.90 Å². The molecule has 3 nitrogen and oxygen atoms in total. The van der Waals surface area contributed by atoms with Crippen LogP contribution in [0, 0.1) is 0 Å². The van der Waals surface area contributed by atoms with E-state index in [2.05, 4.69) is 11.7 Å². The van der Waals surface area contributed by atoms with E-state index in [1.807, 2.05) is 11.9 Å². The van der Waals surface area contributed by atoms with Gasteiger partial charge in [0.25, 0.3) is 0 Å². The topological polar surface area (TPSA) is 38.5 Å². The van der Waals surface area contributed by atoms with Gasteiger partial charge < -0.3 is 10.5 Å². The molecule has 2 N–H and O–H groups in total. The van der Waals surface area contributed by atoms with Gasteiger partial charge in [-0.1, -0.05) is 38.0 Å². The summed E-state index contributed by atoms with van der Waals surface area (Å²) in [7, 11) is 1.87. The average Bonchev–Trinajstić information content (AvgIpc) is 2.40. The number of ether oxygens (including phenoxy) is 1. The lowest BCUT2D eigenvalue weighted by atomic mass is 10.0. The zero-order valence-electron chi connectivity index (χ0n) is 12.5. The van der Waals surface area contributed by atoms with Crippen molar-refractivity contribution < 1.29 is 17.9 Å². The first-order valence-corrected chi connectivity index (χ1v) is 7.14. The highest BCUT2D eigenvalue weighted by Crippen LogP contribution is 2.32. The molecule has 0 amide bonds. The molecule has 0 aliphatic heterocycles. The molecule has 1 aromatic rings. The Balaban J connectivity index is 2.89. The Bertz CT molecular complexity index is 424. The number of rotatable bonds is 8. The Labute approximate surface area is 123 Å². The zero-order valence-corrected chi connectivity index (χ0v) is 12.5. The van der Waals surface area contributed by atoms with Gasteiger partial charge in [0.1, 0.15) is 5.75 Å². The van der Waals surface area contributed by atoms with Crippen molar-refractivity contribution in [3.05, 3.63) is 29.8 Å². The average molecular weight is 304 g/mol. The molecule has 0 aliphatic rings. The van der Waals surface area contributed by atoms with E-state index in [1.165, 1.54) is 12.1 Å². The molecule has 0 aromatic heterocycles. The third-order valence-corrected chi connectivity index (χ3v) is 3.37. The molecule has 1 unspecified atom stereocenters. The highest BCUT2D eigenvalue weighted by atomic mass is 19.4. The predicted octanol–water partition coefficient (Wildman–Crippen LogP) is 3.71. The third-order valence-electron chi connectivity index (χ3n) is 3.37. The van der Waals surface area contributed by atoms with Crippen molar-refractivity contribution in [1.82, 2.24) is 4.90 Å². The zero-order chi connectivity index (χ0) is 15.9. The van der Waals surface area contributed by atoms with Crippen molar-refractivity contribution in [2.75, 3.05) is 20.1 Å². The van der Waals surface area contributed by atoms with E-state index < -0.39 is 6.36 Å². The quantitative estimate of drug-likeness (QED) is 0.744. The van der Waals surface area contributed by atoms with E-state index in [9.17, 15) is 13.2 Å². The molecule has 21 heavy (non-hydrogen) atoms. The third kappa shape index (κ3) is 5.93. The summed E-state index contributed by atoms with van der Waals surface area (Å²) >= 11 is 0. The van der Waals surface area contributed by atoms with Gasteiger partial charge in [-0.15, -0.1) is 13.2 Å². The fraction of sp³-hybridized carbons (Fsp3) is 0.600. The van der Waals surface area contributed by atoms with Crippen LogP contribution in [0.2, 0.25) is 0 Å². The van der Waals surface area contributed by atoms with Crippen LogP contribution in [0.15, 0.2) is 24.3 Å². The molecule has 6 heteroatoms. The van der Waals surface area contributed by atoms with Crippen LogP contribution in [0.25, 0.3) is 0 Å².